The SMILES string of the molecule is COc1ccc(C(=O)N[C@H](C(=O)NNC(=O)c2cc(C)oc2C)C(C)C)cc1. The molecule has 2 rings (SSSR count). The van der Waals surface area contributed by atoms with E-state index in [1.807, 2.05) is 0 Å². The van der Waals surface area contributed by atoms with Crippen molar-refractivity contribution in [1.29, 1.82) is 0 Å². The van der Waals surface area contributed by atoms with E-state index in [-0.39, 0.29) is 5.92 Å². The van der Waals surface area contributed by atoms with Gasteiger partial charge in [0.15, 0.2) is 0 Å². The van der Waals surface area contributed by atoms with Crippen molar-refractivity contribution in [3.63, 3.8) is 0 Å². The van der Waals surface area contributed by atoms with Crippen molar-refractivity contribution in [3.8, 4) is 5.75 Å². The second-order valence-corrected chi connectivity index (χ2v) is 6.69. The lowest BCUT2D eigenvalue weighted by atomic mass is 10.0. The molecule has 3 N–H and O–H groups in total. The molecule has 3 amide bonds. The summed E-state index contributed by atoms with van der Waals surface area (Å²) in [4.78, 5) is 37.1. The minimum Gasteiger partial charge on any atom is -0.497 e. The summed E-state index contributed by atoms with van der Waals surface area (Å²) in [6.45, 7) is 6.98. The van der Waals surface area contributed by atoms with Crippen LogP contribution in [0, 0.1) is 19.8 Å². The Kier molecular flexibility index (Phi) is 6.81. The number of nitrogens with one attached hydrogen (secondary N) is 3. The van der Waals surface area contributed by atoms with Gasteiger partial charge in [0.2, 0.25) is 0 Å². The fourth-order valence-corrected chi connectivity index (χ4v) is 2.62. The molecule has 28 heavy (non-hydrogen) atoms. The fraction of sp³-hybridized carbons (Fsp3) is 0.350. The molecule has 1 aromatic heterocycles. The van der Waals surface area contributed by atoms with Crippen molar-refractivity contribution < 1.29 is 23.5 Å². The minimum absolute atomic E-state index is 0.197. The molecular formula is C20H25N3O5. The predicted molar refractivity (Wildman–Crippen MR) is 103 cm³/mol. The molecule has 1 aromatic carbocycles. The van der Waals surface area contributed by atoms with E-state index in [2.05, 4.69) is 16.2 Å². The second-order valence-electron chi connectivity index (χ2n) is 6.69. The number of aryl methyl sites for hydroxylation is 2. The van der Waals surface area contributed by atoms with Crippen LogP contribution >= 0.6 is 0 Å². The van der Waals surface area contributed by atoms with Gasteiger partial charge in [0.1, 0.15) is 23.3 Å². The summed E-state index contributed by atoms with van der Waals surface area (Å²) in [7, 11) is 1.54. The van der Waals surface area contributed by atoms with Gasteiger partial charge < -0.3 is 14.5 Å². The number of benzene rings is 1. The van der Waals surface area contributed by atoms with Crippen molar-refractivity contribution in [2.24, 2.45) is 5.92 Å². The third-order valence-electron chi connectivity index (χ3n) is 4.17. The Labute approximate surface area is 163 Å². The number of hydrogen-bond acceptors (Lipinski definition) is 5. The lowest BCUT2D eigenvalue weighted by Gasteiger charge is -2.22. The monoisotopic (exact) mass is 387 g/mol. The van der Waals surface area contributed by atoms with Crippen LogP contribution in [0.15, 0.2) is 34.7 Å². The van der Waals surface area contributed by atoms with Gasteiger partial charge in [-0.05, 0) is 50.1 Å². The standard InChI is InChI=1S/C20H25N3O5/c1-11(2)17(21-18(24)14-6-8-15(27-5)9-7-14)20(26)23-22-19(25)16-10-12(3)28-13(16)4/h6-11,17H,1-5H3,(H,21,24)(H,22,25)(H,23,26)/t17-/m0/s1. The highest BCUT2D eigenvalue weighted by Crippen LogP contribution is 2.14. The number of ether oxygens (including phenoxy) is 1. The topological polar surface area (TPSA) is 110 Å². The smallest absolute Gasteiger partial charge is 0.273 e. The predicted octanol–water partition coefficient (Wildman–Crippen LogP) is 2.12. The number of carbonyl (C=O) groups excluding carboxylic acids is 3. The fourth-order valence-electron chi connectivity index (χ4n) is 2.62. The van der Waals surface area contributed by atoms with Crippen LogP contribution in [0.1, 0.15) is 46.1 Å². The second kappa shape index (κ2) is 9.07. The molecule has 150 valence electrons. The number of amides is 3. The average Bonchev–Trinajstić information content (AvgIpc) is 3.01. The van der Waals surface area contributed by atoms with Crippen LogP contribution in [-0.2, 0) is 4.79 Å². The minimum atomic E-state index is -0.831. The third kappa shape index (κ3) is 5.12. The van der Waals surface area contributed by atoms with Crippen molar-refractivity contribution in [3.05, 3.63) is 53.0 Å². The highest BCUT2D eigenvalue weighted by Gasteiger charge is 2.25. The Morgan fingerprint density at radius 2 is 1.64 bits per heavy atom. The number of hydrogen-bond donors (Lipinski definition) is 3. The van der Waals surface area contributed by atoms with Gasteiger partial charge >= 0.3 is 0 Å². The molecule has 0 bridgehead atoms. The van der Waals surface area contributed by atoms with E-state index in [9.17, 15) is 14.4 Å². The zero-order chi connectivity index (χ0) is 20.8. The summed E-state index contributed by atoms with van der Waals surface area (Å²) in [5.74, 6) is 0.0661. The van der Waals surface area contributed by atoms with Gasteiger partial charge in [-0.2, -0.15) is 0 Å². The highest BCUT2D eigenvalue weighted by molar-refractivity contribution is 5.99. The van der Waals surface area contributed by atoms with Crippen LogP contribution in [0.25, 0.3) is 0 Å². The van der Waals surface area contributed by atoms with Crippen LogP contribution in [0.5, 0.6) is 5.75 Å². The lowest BCUT2D eigenvalue weighted by Crippen LogP contribution is -2.54. The van der Waals surface area contributed by atoms with Gasteiger partial charge in [0.25, 0.3) is 17.7 Å². The summed E-state index contributed by atoms with van der Waals surface area (Å²) >= 11 is 0. The van der Waals surface area contributed by atoms with Gasteiger partial charge in [-0.1, -0.05) is 13.8 Å². The molecule has 0 radical (unpaired) electrons. The van der Waals surface area contributed by atoms with Gasteiger partial charge in [0.05, 0.1) is 12.7 Å². The number of hydrazine groups is 1. The molecule has 0 aliphatic rings. The first-order chi connectivity index (χ1) is 13.2. The maximum absolute atomic E-state index is 12.5. The Balaban J connectivity index is 2.00. The van der Waals surface area contributed by atoms with Gasteiger partial charge in [-0.25, -0.2) is 0 Å². The van der Waals surface area contributed by atoms with Crippen LogP contribution in [0.3, 0.4) is 0 Å². The Morgan fingerprint density at radius 3 is 2.14 bits per heavy atom. The Bertz CT molecular complexity index is 855. The van der Waals surface area contributed by atoms with Crippen LogP contribution in [0.4, 0.5) is 0 Å². The molecule has 2 aromatic rings. The normalized spacial score (nSPS) is 11.6. The molecule has 0 saturated heterocycles. The summed E-state index contributed by atoms with van der Waals surface area (Å²) < 4.78 is 10.4. The maximum atomic E-state index is 12.5. The van der Waals surface area contributed by atoms with E-state index < -0.39 is 23.8 Å². The van der Waals surface area contributed by atoms with Crippen LogP contribution in [-0.4, -0.2) is 30.9 Å². The van der Waals surface area contributed by atoms with E-state index in [0.29, 0.717) is 28.4 Å². The lowest BCUT2D eigenvalue weighted by molar-refractivity contribution is -0.124. The number of rotatable bonds is 6. The van der Waals surface area contributed by atoms with Gasteiger partial charge in [0, 0.05) is 5.56 Å². The maximum Gasteiger partial charge on any atom is 0.273 e. The Morgan fingerprint density at radius 1 is 1.00 bits per heavy atom. The van der Waals surface area contributed by atoms with Crippen molar-refractivity contribution >= 4 is 17.7 Å². The van der Waals surface area contributed by atoms with Crippen molar-refractivity contribution in [2.75, 3.05) is 7.11 Å². The Hall–Kier alpha value is -3.29. The molecule has 1 atom stereocenters. The number of carbonyl (C=O) groups is 3. The number of methoxy groups -OCH3 is 1. The third-order valence-corrected chi connectivity index (χ3v) is 4.17. The van der Waals surface area contributed by atoms with E-state index in [1.54, 1.807) is 58.0 Å². The summed E-state index contributed by atoms with van der Waals surface area (Å²) in [5, 5.41) is 2.69. The number of furan rings is 1. The van der Waals surface area contributed by atoms with Gasteiger partial charge in [-0.3, -0.25) is 25.2 Å². The summed E-state index contributed by atoms with van der Waals surface area (Å²) in [6.07, 6.45) is 0. The van der Waals surface area contributed by atoms with E-state index in [1.165, 1.54) is 7.11 Å². The van der Waals surface area contributed by atoms with Crippen molar-refractivity contribution in [2.45, 2.75) is 33.7 Å². The average molecular weight is 387 g/mol. The summed E-state index contributed by atoms with van der Waals surface area (Å²) in [6, 6.07) is 7.29. The van der Waals surface area contributed by atoms with Gasteiger partial charge in [-0.15, -0.1) is 0 Å². The highest BCUT2D eigenvalue weighted by atomic mass is 16.5. The first kappa shape index (κ1) is 21.0. The molecule has 1 heterocycles. The van der Waals surface area contributed by atoms with E-state index >= 15 is 0 Å². The molecular weight excluding hydrogens is 362 g/mol. The molecule has 0 saturated carbocycles. The molecule has 8 heteroatoms. The molecule has 8 nitrogen and oxygen atoms in total. The largest absolute Gasteiger partial charge is 0.497 e. The molecule has 0 aliphatic carbocycles. The van der Waals surface area contributed by atoms with Crippen molar-refractivity contribution in [1.82, 2.24) is 16.2 Å². The zero-order valence-corrected chi connectivity index (χ0v) is 16.6. The zero-order valence-electron chi connectivity index (χ0n) is 16.6. The van der Waals surface area contributed by atoms with Crippen LogP contribution in [0.2, 0.25) is 0 Å². The first-order valence-electron chi connectivity index (χ1n) is 8.85. The molecule has 0 fully saturated rings. The molecule has 0 spiro atoms. The molecule has 0 unspecified atom stereocenters. The first-order valence-corrected chi connectivity index (χ1v) is 8.85. The van der Waals surface area contributed by atoms with Crippen LogP contribution < -0.4 is 20.9 Å². The van der Waals surface area contributed by atoms with E-state index in [0.717, 1.165) is 0 Å². The molecule has 0 aliphatic heterocycles. The quantitative estimate of drug-likeness (QED) is 0.658. The summed E-state index contributed by atoms with van der Waals surface area (Å²) in [5.41, 5.74) is 5.44. The van der Waals surface area contributed by atoms with E-state index in [4.69, 9.17) is 9.15 Å².